The number of benzene rings is 2. The highest BCUT2D eigenvalue weighted by Crippen LogP contribution is 2.15. The van der Waals surface area contributed by atoms with E-state index in [0.29, 0.717) is 25.3 Å². The SMILES string of the molecule is CCOc1ccc(S(=O)(=O)NCC(=O)NCCc2cccc(OC)c2)cc1. The smallest absolute Gasteiger partial charge is 0.241 e. The van der Waals surface area contributed by atoms with E-state index in [1.807, 2.05) is 31.2 Å². The maximum atomic E-state index is 12.2. The minimum absolute atomic E-state index is 0.0788. The molecule has 2 aromatic rings. The van der Waals surface area contributed by atoms with E-state index in [2.05, 4.69) is 10.0 Å². The summed E-state index contributed by atoms with van der Waals surface area (Å²) in [5.74, 6) is 0.945. The molecule has 2 N–H and O–H groups in total. The monoisotopic (exact) mass is 392 g/mol. The van der Waals surface area contributed by atoms with Crippen LogP contribution in [-0.4, -0.2) is 41.1 Å². The van der Waals surface area contributed by atoms with Gasteiger partial charge in [-0.25, -0.2) is 13.1 Å². The first-order chi connectivity index (χ1) is 12.9. The second-order valence-electron chi connectivity index (χ2n) is 5.68. The number of carbonyl (C=O) groups excluding carboxylic acids is 1. The minimum atomic E-state index is -3.76. The zero-order valence-corrected chi connectivity index (χ0v) is 16.2. The Morgan fingerprint density at radius 3 is 2.48 bits per heavy atom. The molecule has 8 heteroatoms. The van der Waals surface area contributed by atoms with Gasteiger partial charge < -0.3 is 14.8 Å². The number of hydrogen-bond acceptors (Lipinski definition) is 5. The number of methoxy groups -OCH3 is 1. The van der Waals surface area contributed by atoms with Crippen molar-refractivity contribution < 1.29 is 22.7 Å². The van der Waals surface area contributed by atoms with Crippen LogP contribution in [0.5, 0.6) is 11.5 Å². The van der Waals surface area contributed by atoms with Gasteiger partial charge >= 0.3 is 0 Å². The number of nitrogens with one attached hydrogen (secondary N) is 2. The summed E-state index contributed by atoms with van der Waals surface area (Å²) in [7, 11) is -2.16. The van der Waals surface area contributed by atoms with Gasteiger partial charge in [0.05, 0.1) is 25.2 Å². The molecule has 1 amide bonds. The fraction of sp³-hybridized carbons (Fsp3) is 0.316. The van der Waals surface area contributed by atoms with E-state index in [9.17, 15) is 13.2 Å². The quantitative estimate of drug-likeness (QED) is 0.642. The molecule has 0 bridgehead atoms. The van der Waals surface area contributed by atoms with Crippen LogP contribution in [0.3, 0.4) is 0 Å². The molecule has 0 aliphatic rings. The number of rotatable bonds is 10. The first kappa shape index (κ1) is 20.7. The zero-order valence-electron chi connectivity index (χ0n) is 15.4. The maximum Gasteiger partial charge on any atom is 0.241 e. The molecule has 27 heavy (non-hydrogen) atoms. The molecule has 0 unspecified atom stereocenters. The van der Waals surface area contributed by atoms with Gasteiger partial charge in [-0.3, -0.25) is 4.79 Å². The van der Waals surface area contributed by atoms with Crippen LogP contribution in [0.25, 0.3) is 0 Å². The topological polar surface area (TPSA) is 93.7 Å². The van der Waals surface area contributed by atoms with Crippen molar-refractivity contribution in [2.45, 2.75) is 18.2 Å². The van der Waals surface area contributed by atoms with Crippen LogP contribution < -0.4 is 19.5 Å². The highest BCUT2D eigenvalue weighted by atomic mass is 32.2. The highest BCUT2D eigenvalue weighted by molar-refractivity contribution is 7.89. The van der Waals surface area contributed by atoms with Crippen molar-refractivity contribution in [3.05, 3.63) is 54.1 Å². The van der Waals surface area contributed by atoms with Crippen LogP contribution in [0.4, 0.5) is 0 Å². The van der Waals surface area contributed by atoms with Crippen LogP contribution in [0, 0.1) is 0 Å². The average Bonchev–Trinajstić information content (AvgIpc) is 2.67. The van der Waals surface area contributed by atoms with Crippen molar-refractivity contribution in [2.24, 2.45) is 0 Å². The third-order valence-electron chi connectivity index (χ3n) is 3.74. The Morgan fingerprint density at radius 2 is 1.81 bits per heavy atom. The molecule has 0 aliphatic heterocycles. The van der Waals surface area contributed by atoms with Crippen molar-refractivity contribution in [2.75, 3.05) is 26.8 Å². The third-order valence-corrected chi connectivity index (χ3v) is 5.15. The minimum Gasteiger partial charge on any atom is -0.497 e. The normalized spacial score (nSPS) is 11.0. The Hall–Kier alpha value is -2.58. The van der Waals surface area contributed by atoms with E-state index >= 15 is 0 Å². The molecule has 0 heterocycles. The van der Waals surface area contributed by atoms with Crippen molar-refractivity contribution in [1.29, 1.82) is 0 Å². The van der Waals surface area contributed by atoms with Gasteiger partial charge in [0.1, 0.15) is 11.5 Å². The summed E-state index contributed by atoms with van der Waals surface area (Å²) in [4.78, 5) is 12.0. The first-order valence-corrected chi connectivity index (χ1v) is 10.0. The molecule has 0 atom stereocenters. The molecule has 0 radical (unpaired) electrons. The number of sulfonamides is 1. The van der Waals surface area contributed by atoms with E-state index in [4.69, 9.17) is 9.47 Å². The lowest BCUT2D eigenvalue weighted by Gasteiger charge is -2.09. The van der Waals surface area contributed by atoms with Gasteiger partial charge in [0.2, 0.25) is 15.9 Å². The van der Waals surface area contributed by atoms with Crippen LogP contribution in [0.1, 0.15) is 12.5 Å². The summed E-state index contributed by atoms with van der Waals surface area (Å²) in [5.41, 5.74) is 1.02. The summed E-state index contributed by atoms with van der Waals surface area (Å²) < 4.78 is 37.2. The first-order valence-electron chi connectivity index (χ1n) is 8.56. The standard InChI is InChI=1S/C19H24N2O5S/c1-3-26-16-7-9-18(10-8-16)27(23,24)21-14-19(22)20-12-11-15-5-4-6-17(13-15)25-2/h4-10,13,21H,3,11-12,14H2,1-2H3,(H,20,22). The molecule has 2 rings (SSSR count). The summed E-state index contributed by atoms with van der Waals surface area (Å²) >= 11 is 0. The van der Waals surface area contributed by atoms with E-state index in [-0.39, 0.29) is 11.4 Å². The van der Waals surface area contributed by atoms with Crippen LogP contribution in [-0.2, 0) is 21.2 Å². The molecule has 2 aromatic carbocycles. The number of amides is 1. The molecule has 0 fully saturated rings. The van der Waals surface area contributed by atoms with Gasteiger partial charge in [0.25, 0.3) is 0 Å². The fourth-order valence-electron chi connectivity index (χ4n) is 2.36. The number of hydrogen-bond donors (Lipinski definition) is 2. The maximum absolute atomic E-state index is 12.2. The molecule has 0 saturated carbocycles. The van der Waals surface area contributed by atoms with Gasteiger partial charge in [-0.05, 0) is 55.3 Å². The lowest BCUT2D eigenvalue weighted by atomic mass is 10.1. The fourth-order valence-corrected chi connectivity index (χ4v) is 3.34. The van der Waals surface area contributed by atoms with Crippen molar-refractivity contribution in [1.82, 2.24) is 10.0 Å². The predicted molar refractivity (Wildman–Crippen MR) is 103 cm³/mol. The van der Waals surface area contributed by atoms with Crippen molar-refractivity contribution in [3.8, 4) is 11.5 Å². The van der Waals surface area contributed by atoms with E-state index in [1.54, 1.807) is 19.2 Å². The van der Waals surface area contributed by atoms with Crippen LogP contribution in [0.2, 0.25) is 0 Å². The second-order valence-corrected chi connectivity index (χ2v) is 7.45. The second kappa shape index (κ2) is 9.94. The summed E-state index contributed by atoms with van der Waals surface area (Å²) in [5, 5.41) is 2.69. The molecular formula is C19H24N2O5S. The largest absolute Gasteiger partial charge is 0.497 e. The Labute approximate surface area is 159 Å². The van der Waals surface area contributed by atoms with Gasteiger partial charge in [0, 0.05) is 6.54 Å². The molecule has 0 saturated heterocycles. The van der Waals surface area contributed by atoms with E-state index < -0.39 is 15.9 Å². The van der Waals surface area contributed by atoms with E-state index in [0.717, 1.165) is 11.3 Å². The zero-order chi connectivity index (χ0) is 19.7. The van der Waals surface area contributed by atoms with Crippen molar-refractivity contribution >= 4 is 15.9 Å². The number of carbonyl (C=O) groups is 1. The lowest BCUT2D eigenvalue weighted by Crippen LogP contribution is -2.37. The molecule has 0 spiro atoms. The highest BCUT2D eigenvalue weighted by Gasteiger charge is 2.15. The molecule has 146 valence electrons. The van der Waals surface area contributed by atoms with E-state index in [1.165, 1.54) is 12.1 Å². The summed E-state index contributed by atoms with van der Waals surface area (Å²) in [6, 6.07) is 13.6. The Bertz CT molecular complexity index is 851. The van der Waals surface area contributed by atoms with Crippen molar-refractivity contribution in [3.63, 3.8) is 0 Å². The average molecular weight is 392 g/mol. The molecule has 7 nitrogen and oxygen atoms in total. The molecular weight excluding hydrogens is 368 g/mol. The van der Waals surface area contributed by atoms with Gasteiger partial charge in [-0.1, -0.05) is 12.1 Å². The van der Waals surface area contributed by atoms with Gasteiger partial charge in [0.15, 0.2) is 0 Å². The summed E-state index contributed by atoms with van der Waals surface area (Å²) in [6.45, 7) is 2.42. The molecule has 0 aliphatic carbocycles. The number of ether oxygens (including phenoxy) is 2. The van der Waals surface area contributed by atoms with Gasteiger partial charge in [-0.2, -0.15) is 0 Å². The molecule has 0 aromatic heterocycles. The van der Waals surface area contributed by atoms with Crippen LogP contribution in [0.15, 0.2) is 53.4 Å². The van der Waals surface area contributed by atoms with Gasteiger partial charge in [-0.15, -0.1) is 0 Å². The Kier molecular flexibility index (Phi) is 7.63. The Morgan fingerprint density at radius 1 is 1.07 bits per heavy atom. The Balaban J connectivity index is 1.79. The lowest BCUT2D eigenvalue weighted by molar-refractivity contribution is -0.119. The third kappa shape index (κ3) is 6.58. The van der Waals surface area contributed by atoms with Crippen LogP contribution >= 0.6 is 0 Å². The summed E-state index contributed by atoms with van der Waals surface area (Å²) in [6.07, 6.45) is 0.620. The predicted octanol–water partition coefficient (Wildman–Crippen LogP) is 1.73.